The normalized spacial score (nSPS) is 19.9. The highest BCUT2D eigenvalue weighted by Gasteiger charge is 2.21. The van der Waals surface area contributed by atoms with E-state index < -0.39 is 0 Å². The second-order valence-corrected chi connectivity index (χ2v) is 4.88. The predicted molar refractivity (Wildman–Crippen MR) is 65.4 cm³/mol. The minimum atomic E-state index is 0.164. The van der Waals surface area contributed by atoms with Crippen molar-refractivity contribution in [3.05, 3.63) is 18.2 Å². The first-order valence-electron chi connectivity index (χ1n) is 6.17. The van der Waals surface area contributed by atoms with Crippen LogP contribution in [-0.4, -0.2) is 27.5 Å². The quantitative estimate of drug-likeness (QED) is 0.789. The molecule has 0 saturated carbocycles. The highest BCUT2D eigenvalue weighted by molar-refractivity contribution is 5.78. The number of nitrogens with zero attached hydrogens (tertiary/aromatic N) is 2. The van der Waals surface area contributed by atoms with Crippen LogP contribution in [0.3, 0.4) is 0 Å². The smallest absolute Gasteiger partial charge is 0.220 e. The van der Waals surface area contributed by atoms with Gasteiger partial charge < -0.3 is 15.2 Å². The fraction of sp³-hybridized carbons (Fsp3) is 0.667. The van der Waals surface area contributed by atoms with E-state index in [1.807, 2.05) is 12.5 Å². The van der Waals surface area contributed by atoms with E-state index in [4.69, 9.17) is 0 Å². The second-order valence-electron chi connectivity index (χ2n) is 4.88. The zero-order valence-electron chi connectivity index (χ0n) is 10.4. The van der Waals surface area contributed by atoms with Crippen molar-refractivity contribution in [2.75, 3.05) is 0 Å². The zero-order chi connectivity index (χ0) is 12.3. The van der Waals surface area contributed by atoms with Crippen LogP contribution in [0.2, 0.25) is 0 Å². The first-order valence-corrected chi connectivity index (χ1v) is 6.17. The summed E-state index contributed by atoms with van der Waals surface area (Å²) in [6.07, 6.45) is 5.29. The molecule has 0 aromatic carbocycles. The molecule has 1 aliphatic rings. The molecule has 2 N–H and O–H groups in total. The Bertz CT molecular complexity index is 386. The molecule has 1 fully saturated rings. The molecular formula is C12H20N4O. The Morgan fingerprint density at radius 3 is 3.12 bits per heavy atom. The fourth-order valence-corrected chi connectivity index (χ4v) is 2.02. The van der Waals surface area contributed by atoms with Crippen molar-refractivity contribution >= 4 is 5.91 Å². The summed E-state index contributed by atoms with van der Waals surface area (Å²) >= 11 is 0. The van der Waals surface area contributed by atoms with E-state index in [2.05, 4.69) is 34.0 Å². The Morgan fingerprint density at radius 2 is 2.47 bits per heavy atom. The molecule has 2 heterocycles. The average Bonchev–Trinajstić information content (AvgIpc) is 2.86. The highest BCUT2D eigenvalue weighted by atomic mass is 16.1. The summed E-state index contributed by atoms with van der Waals surface area (Å²) in [4.78, 5) is 15.3. The summed E-state index contributed by atoms with van der Waals surface area (Å²) in [5, 5.41) is 6.35. The van der Waals surface area contributed by atoms with E-state index in [-0.39, 0.29) is 11.9 Å². The van der Waals surface area contributed by atoms with Crippen LogP contribution >= 0.6 is 0 Å². The van der Waals surface area contributed by atoms with Crippen LogP contribution in [0, 0.1) is 0 Å². The van der Waals surface area contributed by atoms with E-state index >= 15 is 0 Å². The van der Waals surface area contributed by atoms with Crippen molar-refractivity contribution in [3.8, 4) is 0 Å². The molecule has 5 nitrogen and oxygen atoms in total. The van der Waals surface area contributed by atoms with Crippen molar-refractivity contribution in [1.29, 1.82) is 0 Å². The second kappa shape index (κ2) is 5.31. The first kappa shape index (κ1) is 12.1. The third-order valence-electron chi connectivity index (χ3n) is 2.99. The van der Waals surface area contributed by atoms with Gasteiger partial charge in [0.1, 0.15) is 0 Å². The van der Waals surface area contributed by atoms with Gasteiger partial charge in [-0.15, -0.1) is 0 Å². The van der Waals surface area contributed by atoms with Gasteiger partial charge in [0.05, 0.1) is 12.0 Å². The Kier molecular flexibility index (Phi) is 3.78. The van der Waals surface area contributed by atoms with Crippen molar-refractivity contribution in [3.63, 3.8) is 0 Å². The third kappa shape index (κ3) is 3.30. The lowest BCUT2D eigenvalue weighted by Gasteiger charge is -2.14. The summed E-state index contributed by atoms with van der Waals surface area (Å²) in [6.45, 7) is 5.88. The van der Waals surface area contributed by atoms with Crippen molar-refractivity contribution in [2.45, 2.75) is 51.9 Å². The van der Waals surface area contributed by atoms with Gasteiger partial charge >= 0.3 is 0 Å². The lowest BCUT2D eigenvalue weighted by Crippen LogP contribution is -2.31. The van der Waals surface area contributed by atoms with Crippen LogP contribution < -0.4 is 10.6 Å². The largest absolute Gasteiger partial charge is 0.352 e. The molecule has 1 saturated heterocycles. The van der Waals surface area contributed by atoms with E-state index in [0.29, 0.717) is 12.5 Å². The van der Waals surface area contributed by atoms with Crippen LogP contribution in [0.4, 0.5) is 0 Å². The summed E-state index contributed by atoms with van der Waals surface area (Å²) in [5.41, 5.74) is 1.17. The van der Waals surface area contributed by atoms with Gasteiger partial charge in [-0.3, -0.25) is 4.79 Å². The molecule has 5 heteroatoms. The maximum absolute atomic E-state index is 11.1. The van der Waals surface area contributed by atoms with Gasteiger partial charge in [-0.1, -0.05) is 13.8 Å². The molecule has 1 aliphatic heterocycles. The van der Waals surface area contributed by atoms with E-state index in [9.17, 15) is 4.79 Å². The minimum absolute atomic E-state index is 0.164. The number of amides is 1. The van der Waals surface area contributed by atoms with Gasteiger partial charge in [-0.2, -0.15) is 0 Å². The molecule has 1 aromatic heterocycles. The SMILES string of the molecule is CC(C)NCc1cncn1CC1CCC(=O)N1. The number of hydrogen-bond donors (Lipinski definition) is 2. The first-order chi connectivity index (χ1) is 8.15. The lowest BCUT2D eigenvalue weighted by molar-refractivity contribution is -0.119. The van der Waals surface area contributed by atoms with E-state index in [1.165, 1.54) is 5.69 Å². The molecule has 0 radical (unpaired) electrons. The summed E-state index contributed by atoms with van der Waals surface area (Å²) in [7, 11) is 0. The Hall–Kier alpha value is -1.36. The summed E-state index contributed by atoms with van der Waals surface area (Å²) in [6, 6.07) is 0.721. The number of aromatic nitrogens is 2. The molecule has 1 atom stereocenters. The van der Waals surface area contributed by atoms with Crippen LogP contribution in [0.5, 0.6) is 0 Å². The lowest BCUT2D eigenvalue weighted by atomic mass is 10.2. The highest BCUT2D eigenvalue weighted by Crippen LogP contribution is 2.10. The minimum Gasteiger partial charge on any atom is -0.352 e. The van der Waals surface area contributed by atoms with Gasteiger partial charge in [0.2, 0.25) is 5.91 Å². The zero-order valence-corrected chi connectivity index (χ0v) is 10.4. The average molecular weight is 236 g/mol. The number of carbonyl (C=O) groups is 1. The monoisotopic (exact) mass is 236 g/mol. The van der Waals surface area contributed by atoms with Gasteiger partial charge in [-0.05, 0) is 6.42 Å². The predicted octanol–water partition coefficient (Wildman–Crippen LogP) is 0.660. The number of rotatable bonds is 5. The molecular weight excluding hydrogens is 216 g/mol. The fourth-order valence-electron chi connectivity index (χ4n) is 2.02. The van der Waals surface area contributed by atoms with Crippen LogP contribution in [0.25, 0.3) is 0 Å². The molecule has 1 amide bonds. The summed E-state index contributed by atoms with van der Waals surface area (Å²) in [5.74, 6) is 0.164. The molecule has 1 unspecified atom stereocenters. The Balaban J connectivity index is 1.92. The van der Waals surface area contributed by atoms with Gasteiger partial charge in [0, 0.05) is 37.8 Å². The summed E-state index contributed by atoms with van der Waals surface area (Å²) < 4.78 is 2.12. The number of nitrogens with one attached hydrogen (secondary N) is 2. The molecule has 94 valence electrons. The van der Waals surface area contributed by atoms with Crippen LogP contribution in [-0.2, 0) is 17.9 Å². The van der Waals surface area contributed by atoms with Crippen LogP contribution in [0.15, 0.2) is 12.5 Å². The Labute approximate surface area is 102 Å². The van der Waals surface area contributed by atoms with Crippen molar-refractivity contribution in [2.24, 2.45) is 0 Å². The number of hydrogen-bond acceptors (Lipinski definition) is 3. The maximum Gasteiger partial charge on any atom is 0.220 e. The number of imidazole rings is 1. The van der Waals surface area contributed by atoms with E-state index in [0.717, 1.165) is 19.5 Å². The molecule has 0 spiro atoms. The van der Waals surface area contributed by atoms with Crippen LogP contribution in [0.1, 0.15) is 32.4 Å². The molecule has 0 bridgehead atoms. The molecule has 2 rings (SSSR count). The van der Waals surface area contributed by atoms with E-state index in [1.54, 1.807) is 0 Å². The molecule has 17 heavy (non-hydrogen) atoms. The maximum atomic E-state index is 11.1. The standard InChI is InChI=1S/C12H20N4O/c1-9(2)14-6-11-5-13-8-16(11)7-10-3-4-12(17)15-10/h5,8-10,14H,3-4,6-7H2,1-2H3,(H,15,17). The number of carbonyl (C=O) groups excluding carboxylic acids is 1. The van der Waals surface area contributed by atoms with Gasteiger partial charge in [-0.25, -0.2) is 4.98 Å². The van der Waals surface area contributed by atoms with Gasteiger partial charge in [0.25, 0.3) is 0 Å². The Morgan fingerprint density at radius 1 is 1.65 bits per heavy atom. The topological polar surface area (TPSA) is 59.0 Å². The van der Waals surface area contributed by atoms with Crippen molar-refractivity contribution < 1.29 is 4.79 Å². The van der Waals surface area contributed by atoms with Crippen molar-refractivity contribution in [1.82, 2.24) is 20.2 Å². The molecule has 0 aliphatic carbocycles. The molecule has 1 aromatic rings. The van der Waals surface area contributed by atoms with Gasteiger partial charge in [0.15, 0.2) is 0 Å². The third-order valence-corrected chi connectivity index (χ3v) is 2.99.